The molecule has 32 heavy (non-hydrogen) atoms. The first-order chi connectivity index (χ1) is 15.2. The summed E-state index contributed by atoms with van der Waals surface area (Å²) in [5.74, 6) is 0. The maximum absolute atomic E-state index is 8.33. The highest BCUT2D eigenvalue weighted by Crippen LogP contribution is 2.14. The average Bonchev–Trinajstić information content (AvgIpc) is 2.72. The third kappa shape index (κ3) is 21.1. The standard InChI is InChI=1S/2C13H30N.CH2O3/c2*1-5-9-13-14(10-6-2,11-7-3)12-8-4;2-1(3)4/h2*5-13H2,1-4H3;(H2,2,3,4)/q2*+1;/p-2. The topological polar surface area (TPSA) is 63.2 Å². The van der Waals surface area contributed by atoms with Crippen LogP contribution in [0.4, 0.5) is 4.79 Å². The van der Waals surface area contributed by atoms with Crippen molar-refractivity contribution in [3.8, 4) is 0 Å². The molecule has 0 bridgehead atoms. The maximum atomic E-state index is 8.33. The van der Waals surface area contributed by atoms with Gasteiger partial charge in [-0.25, -0.2) is 0 Å². The zero-order chi connectivity index (χ0) is 25.3. The normalized spacial score (nSPS) is 11.2. The zero-order valence-electron chi connectivity index (χ0n) is 23.3. The number of hydrogen-bond donors (Lipinski definition) is 0. The number of nitrogens with zero attached hydrogens (tertiary/aromatic N) is 2. The van der Waals surface area contributed by atoms with Crippen LogP contribution in [-0.2, 0) is 0 Å². The first kappa shape index (κ1) is 35.8. The number of rotatable bonds is 18. The van der Waals surface area contributed by atoms with Crippen molar-refractivity contribution >= 4 is 6.16 Å². The van der Waals surface area contributed by atoms with Crippen LogP contribution >= 0.6 is 0 Å². The second kappa shape index (κ2) is 24.8. The third-order valence-electron chi connectivity index (χ3n) is 6.16. The molecule has 0 heterocycles. The molecule has 0 atom stereocenters. The van der Waals surface area contributed by atoms with Gasteiger partial charge in [0, 0.05) is 0 Å². The van der Waals surface area contributed by atoms with Crippen molar-refractivity contribution in [2.45, 2.75) is 120 Å². The van der Waals surface area contributed by atoms with Gasteiger partial charge in [-0.05, 0) is 57.5 Å². The fraction of sp³-hybridized carbons (Fsp3) is 0.963. The van der Waals surface area contributed by atoms with Crippen LogP contribution in [0.25, 0.3) is 0 Å². The number of unbranched alkanes of at least 4 members (excludes halogenated alkanes) is 2. The minimum Gasteiger partial charge on any atom is -0.652 e. The Morgan fingerprint density at radius 1 is 0.438 bits per heavy atom. The van der Waals surface area contributed by atoms with E-state index >= 15 is 0 Å². The van der Waals surface area contributed by atoms with E-state index in [-0.39, 0.29) is 0 Å². The number of hydrogen-bond acceptors (Lipinski definition) is 3. The van der Waals surface area contributed by atoms with Crippen LogP contribution in [0.15, 0.2) is 0 Å². The molecule has 0 aromatic rings. The van der Waals surface area contributed by atoms with E-state index in [1.165, 1.54) is 126 Å². The molecule has 0 fully saturated rings. The molecule has 0 rings (SSSR count). The maximum Gasteiger partial charge on any atom is 0.0786 e. The molecule has 5 heteroatoms. The summed E-state index contributed by atoms with van der Waals surface area (Å²) >= 11 is 0. The van der Waals surface area contributed by atoms with Crippen LogP contribution in [0.2, 0.25) is 0 Å². The first-order valence-electron chi connectivity index (χ1n) is 13.8. The molecule has 0 aromatic carbocycles. The van der Waals surface area contributed by atoms with Gasteiger partial charge in [0.15, 0.2) is 0 Å². The molecule has 196 valence electrons. The van der Waals surface area contributed by atoms with Crippen LogP contribution in [0.1, 0.15) is 120 Å². The number of quaternary nitrogens is 2. The van der Waals surface area contributed by atoms with Crippen LogP contribution in [0.5, 0.6) is 0 Å². The van der Waals surface area contributed by atoms with Gasteiger partial charge in [0.25, 0.3) is 0 Å². The lowest BCUT2D eigenvalue weighted by Crippen LogP contribution is -2.50. The summed E-state index contributed by atoms with van der Waals surface area (Å²) in [6, 6.07) is 0. The van der Waals surface area contributed by atoms with E-state index in [1.54, 1.807) is 0 Å². The first-order valence-corrected chi connectivity index (χ1v) is 13.8. The highest BCUT2D eigenvalue weighted by Gasteiger charge is 2.24. The SMILES string of the molecule is CCCC[N+](CCC)(CCC)CCC.CCCC[N+](CCC)(CCC)CCC.O=C([O-])[O-]. The molecule has 0 aromatic heterocycles. The zero-order valence-corrected chi connectivity index (χ0v) is 23.3. The van der Waals surface area contributed by atoms with Crippen LogP contribution in [0.3, 0.4) is 0 Å². The number of carbonyl (C=O) groups excluding carboxylic acids is 1. The Bertz CT molecular complexity index is 321. The molecule has 0 saturated carbocycles. The van der Waals surface area contributed by atoms with Gasteiger partial charge in [0.05, 0.1) is 52.4 Å². The summed E-state index contributed by atoms with van der Waals surface area (Å²) in [5.41, 5.74) is 0. The van der Waals surface area contributed by atoms with Gasteiger partial charge in [0.2, 0.25) is 0 Å². The van der Waals surface area contributed by atoms with Gasteiger partial charge in [0.1, 0.15) is 0 Å². The molecule has 0 aliphatic heterocycles. The molecule has 0 spiro atoms. The van der Waals surface area contributed by atoms with Gasteiger partial charge in [-0.2, -0.15) is 0 Å². The van der Waals surface area contributed by atoms with E-state index < -0.39 is 6.16 Å². The molecule has 0 amide bonds. The Morgan fingerprint density at radius 2 is 0.625 bits per heavy atom. The average molecular weight is 461 g/mol. The second-order valence-corrected chi connectivity index (χ2v) is 9.43. The number of carboxylic acid groups (broad SMARTS) is 2. The van der Waals surface area contributed by atoms with Crippen molar-refractivity contribution in [2.24, 2.45) is 0 Å². The third-order valence-corrected chi connectivity index (χ3v) is 6.16. The molecule has 0 radical (unpaired) electrons. The number of carbonyl (C=O) groups is 1. The van der Waals surface area contributed by atoms with Crippen molar-refractivity contribution in [1.82, 2.24) is 0 Å². The molecular formula is C27H60N2O3. The summed E-state index contributed by atoms with van der Waals surface area (Å²) in [4.78, 5) is 8.33. The fourth-order valence-electron chi connectivity index (χ4n) is 5.17. The van der Waals surface area contributed by atoms with Crippen molar-refractivity contribution < 1.29 is 24.0 Å². The minimum absolute atomic E-state index is 1.34. The van der Waals surface area contributed by atoms with Crippen LogP contribution < -0.4 is 10.2 Å². The Morgan fingerprint density at radius 3 is 0.750 bits per heavy atom. The molecule has 0 aliphatic rings. The summed E-state index contributed by atoms with van der Waals surface area (Å²) in [6.07, 6.45) is 11.2. The molecule has 0 aliphatic carbocycles. The van der Waals surface area contributed by atoms with Gasteiger partial charge in [-0.15, -0.1) is 0 Å². The van der Waals surface area contributed by atoms with E-state index in [0.717, 1.165) is 0 Å². The second-order valence-electron chi connectivity index (χ2n) is 9.43. The molecule has 0 saturated heterocycles. The predicted octanol–water partition coefficient (Wildman–Crippen LogP) is 5.22. The quantitative estimate of drug-likeness (QED) is 0.263. The summed E-state index contributed by atoms with van der Waals surface area (Å²) in [7, 11) is 0. The Balaban J connectivity index is -0.000000450. The molecule has 5 nitrogen and oxygen atoms in total. The molecular weight excluding hydrogens is 400 g/mol. The van der Waals surface area contributed by atoms with E-state index in [1.807, 2.05) is 0 Å². The Hall–Kier alpha value is -0.810. The molecule has 0 N–H and O–H groups in total. The molecule has 0 unspecified atom stereocenters. The van der Waals surface area contributed by atoms with Crippen molar-refractivity contribution in [1.29, 1.82) is 0 Å². The Labute approximate surface area is 202 Å². The van der Waals surface area contributed by atoms with Crippen molar-refractivity contribution in [3.63, 3.8) is 0 Å². The fourth-order valence-corrected chi connectivity index (χ4v) is 5.17. The monoisotopic (exact) mass is 460 g/mol. The summed E-state index contributed by atoms with van der Waals surface area (Å²) < 4.78 is 2.77. The van der Waals surface area contributed by atoms with E-state index in [4.69, 9.17) is 15.0 Å². The lowest BCUT2D eigenvalue weighted by atomic mass is 10.2. The lowest BCUT2D eigenvalue weighted by molar-refractivity contribution is -0.928. The van der Waals surface area contributed by atoms with E-state index in [0.29, 0.717) is 0 Å². The predicted molar refractivity (Wildman–Crippen MR) is 136 cm³/mol. The highest BCUT2D eigenvalue weighted by atomic mass is 16.6. The van der Waals surface area contributed by atoms with Gasteiger partial charge in [-0.3, -0.25) is 0 Å². The van der Waals surface area contributed by atoms with Crippen molar-refractivity contribution in [3.05, 3.63) is 0 Å². The van der Waals surface area contributed by atoms with E-state index in [2.05, 4.69) is 55.4 Å². The highest BCUT2D eigenvalue weighted by molar-refractivity contribution is 5.47. The van der Waals surface area contributed by atoms with Crippen LogP contribution in [-0.4, -0.2) is 67.5 Å². The summed E-state index contributed by atoms with van der Waals surface area (Å²) in [5, 5.41) is 16.7. The lowest BCUT2D eigenvalue weighted by Gasteiger charge is -2.38. The Kier molecular flexibility index (Phi) is 27.8. The van der Waals surface area contributed by atoms with Gasteiger partial charge in [-0.1, -0.05) is 68.2 Å². The van der Waals surface area contributed by atoms with Gasteiger partial charge < -0.3 is 24.0 Å². The minimum atomic E-state index is -2.33. The smallest absolute Gasteiger partial charge is 0.0786 e. The van der Waals surface area contributed by atoms with E-state index in [9.17, 15) is 0 Å². The van der Waals surface area contributed by atoms with Crippen molar-refractivity contribution in [2.75, 3.05) is 52.4 Å². The summed E-state index contributed by atoms with van der Waals surface area (Å²) in [6.45, 7) is 29.7. The van der Waals surface area contributed by atoms with Crippen LogP contribution in [0, 0.1) is 0 Å². The van der Waals surface area contributed by atoms with Gasteiger partial charge >= 0.3 is 0 Å². The largest absolute Gasteiger partial charge is 0.652 e.